The number of fused-ring (bicyclic) bond motifs is 3. The van der Waals surface area contributed by atoms with Crippen molar-refractivity contribution in [3.8, 4) is 6.19 Å². The van der Waals surface area contributed by atoms with Gasteiger partial charge in [0.1, 0.15) is 5.71 Å². The van der Waals surface area contributed by atoms with Crippen molar-refractivity contribution in [3.63, 3.8) is 0 Å². The maximum atomic E-state index is 12.5. The van der Waals surface area contributed by atoms with E-state index in [1.807, 2.05) is 12.2 Å². The van der Waals surface area contributed by atoms with Gasteiger partial charge in [-0.2, -0.15) is 5.26 Å². The average molecular weight is 387 g/mol. The molecule has 2 bridgehead atoms. The molecule has 0 saturated carbocycles. The number of hydrogen-bond donors (Lipinski definition) is 1. The molecule has 6 nitrogen and oxygen atoms in total. The molecule has 3 aliphatic heterocycles. The van der Waals surface area contributed by atoms with Crippen LogP contribution in [0.4, 0.5) is 0 Å². The summed E-state index contributed by atoms with van der Waals surface area (Å²) in [6, 6.07) is 0.241. The zero-order valence-corrected chi connectivity index (χ0v) is 14.4. The van der Waals surface area contributed by atoms with E-state index in [1.165, 1.54) is 0 Å². The number of halogens is 1. The first-order valence-corrected chi connectivity index (χ1v) is 8.74. The molecule has 7 heteroatoms. The van der Waals surface area contributed by atoms with Gasteiger partial charge in [-0.25, -0.2) is 4.99 Å². The first kappa shape index (κ1) is 15.3. The van der Waals surface area contributed by atoms with Crippen molar-refractivity contribution in [2.75, 3.05) is 0 Å². The molecule has 24 heavy (non-hydrogen) atoms. The summed E-state index contributed by atoms with van der Waals surface area (Å²) in [6.07, 6.45) is 12.0. The second-order valence-electron chi connectivity index (χ2n) is 6.46. The van der Waals surface area contributed by atoms with Gasteiger partial charge in [0.25, 0.3) is 11.8 Å². The van der Waals surface area contributed by atoms with Crippen LogP contribution in [-0.4, -0.2) is 40.6 Å². The lowest BCUT2D eigenvalue weighted by Gasteiger charge is -2.23. The fourth-order valence-electron chi connectivity index (χ4n) is 3.98. The van der Waals surface area contributed by atoms with Crippen molar-refractivity contribution >= 4 is 33.5 Å². The lowest BCUT2D eigenvalue weighted by atomic mass is 9.90. The summed E-state index contributed by atoms with van der Waals surface area (Å²) in [6.45, 7) is 0. The minimum atomic E-state index is -0.419. The molecular weight excluding hydrogens is 372 g/mol. The Morgan fingerprint density at radius 3 is 3.00 bits per heavy atom. The number of aliphatic imine (C=N–C) groups is 1. The highest BCUT2D eigenvalue weighted by Gasteiger charge is 2.46. The summed E-state index contributed by atoms with van der Waals surface area (Å²) in [5, 5.41) is 12.2. The number of rotatable bonds is 2. The Balaban J connectivity index is 1.50. The van der Waals surface area contributed by atoms with Crippen molar-refractivity contribution in [1.29, 1.82) is 5.26 Å². The topological polar surface area (TPSA) is 85.6 Å². The van der Waals surface area contributed by atoms with E-state index in [9.17, 15) is 14.9 Å². The van der Waals surface area contributed by atoms with E-state index >= 15 is 0 Å². The highest BCUT2D eigenvalue weighted by molar-refractivity contribution is 9.11. The lowest BCUT2D eigenvalue weighted by Crippen LogP contribution is -2.46. The van der Waals surface area contributed by atoms with Crippen molar-refractivity contribution in [2.24, 2.45) is 10.9 Å². The molecule has 1 unspecified atom stereocenters. The van der Waals surface area contributed by atoms with Gasteiger partial charge < -0.3 is 10.2 Å². The van der Waals surface area contributed by atoms with Crippen molar-refractivity contribution in [3.05, 3.63) is 34.4 Å². The molecule has 2 fully saturated rings. The van der Waals surface area contributed by atoms with Crippen LogP contribution in [0, 0.1) is 17.4 Å². The van der Waals surface area contributed by atoms with Gasteiger partial charge in [-0.15, -0.1) is 0 Å². The normalized spacial score (nSPS) is 33.4. The van der Waals surface area contributed by atoms with Crippen molar-refractivity contribution in [2.45, 2.75) is 37.4 Å². The zero-order valence-electron chi connectivity index (χ0n) is 12.8. The van der Waals surface area contributed by atoms with Gasteiger partial charge in [-0.3, -0.25) is 9.59 Å². The Morgan fingerprint density at radius 2 is 2.25 bits per heavy atom. The van der Waals surface area contributed by atoms with Crippen molar-refractivity contribution in [1.82, 2.24) is 10.2 Å². The van der Waals surface area contributed by atoms with Gasteiger partial charge in [0.2, 0.25) is 0 Å². The molecule has 0 aromatic heterocycles. The minimum absolute atomic E-state index is 0.0548. The molecule has 1 N–H and O–H groups in total. The molecule has 3 heterocycles. The molecule has 0 spiro atoms. The second kappa shape index (κ2) is 5.71. The third-order valence-electron chi connectivity index (χ3n) is 5.12. The molecule has 4 rings (SSSR count). The predicted molar refractivity (Wildman–Crippen MR) is 91.0 cm³/mol. The number of amides is 2. The summed E-state index contributed by atoms with van der Waals surface area (Å²) in [5.41, 5.74) is 0.920. The first-order chi connectivity index (χ1) is 11.6. The van der Waals surface area contributed by atoms with Crippen LogP contribution in [-0.2, 0) is 9.59 Å². The Bertz CT molecular complexity index is 789. The Morgan fingerprint density at radius 1 is 1.42 bits per heavy atom. The van der Waals surface area contributed by atoms with Crippen LogP contribution in [0.15, 0.2) is 39.4 Å². The average Bonchev–Trinajstić information content (AvgIpc) is 3.11. The molecule has 2 amide bonds. The summed E-state index contributed by atoms with van der Waals surface area (Å²) < 4.78 is 0.833. The van der Waals surface area contributed by atoms with E-state index in [0.29, 0.717) is 0 Å². The van der Waals surface area contributed by atoms with Gasteiger partial charge in [0.15, 0.2) is 6.19 Å². The first-order valence-electron chi connectivity index (χ1n) is 7.95. The Hall–Kier alpha value is -2.20. The predicted octanol–water partition coefficient (Wildman–Crippen LogP) is 1.56. The van der Waals surface area contributed by atoms with Crippen LogP contribution in [0.3, 0.4) is 0 Å². The van der Waals surface area contributed by atoms with Gasteiger partial charge in [0.05, 0.1) is 18.0 Å². The number of nitrogens with zero attached hydrogens (tertiary/aromatic N) is 3. The van der Waals surface area contributed by atoms with E-state index in [0.717, 1.165) is 29.3 Å². The summed E-state index contributed by atoms with van der Waals surface area (Å²) in [4.78, 5) is 30.5. The van der Waals surface area contributed by atoms with Crippen LogP contribution in [0.2, 0.25) is 0 Å². The number of carbonyl (C=O) groups excluding carboxylic acids is 2. The maximum absolute atomic E-state index is 12.5. The fourth-order valence-corrected chi connectivity index (χ4v) is 4.38. The van der Waals surface area contributed by atoms with E-state index in [-0.39, 0.29) is 35.7 Å². The summed E-state index contributed by atoms with van der Waals surface area (Å²) in [5.74, 6) is -1.09. The number of carbonyl (C=O) groups is 2. The number of dihydropyridines is 1. The standard InChI is InChI=1S/C17H15BrN4O2/c18-10-2-1-9-5-14(21-16(23)12(9)6-10)17(24)20-13-7-11-3-4-15(13)22(11)8-19/h1-2,5-6,11-13,15H,3-4,7H2,(H,20,24)/t11-,12?,13+,15+/m0/s1. The van der Waals surface area contributed by atoms with E-state index in [4.69, 9.17) is 0 Å². The Labute approximate surface area is 147 Å². The number of allylic oxidation sites excluding steroid dienone is 3. The zero-order chi connectivity index (χ0) is 16.8. The number of hydrogen-bond acceptors (Lipinski definition) is 4. The SMILES string of the molecule is N#CN1[C@H]2CC[C@@H]1[C@H](NC(=O)C1=NC(=O)C3C=C(Br)C=CC3=C1)C2. The van der Waals surface area contributed by atoms with Crippen LogP contribution < -0.4 is 5.32 Å². The van der Waals surface area contributed by atoms with E-state index in [1.54, 1.807) is 17.1 Å². The molecule has 4 atom stereocenters. The van der Waals surface area contributed by atoms with Gasteiger partial charge >= 0.3 is 0 Å². The quantitative estimate of drug-likeness (QED) is 0.729. The molecule has 0 aromatic carbocycles. The number of nitrogens with one attached hydrogen (secondary N) is 1. The van der Waals surface area contributed by atoms with Crippen LogP contribution in [0.5, 0.6) is 0 Å². The van der Waals surface area contributed by atoms with E-state index < -0.39 is 5.92 Å². The van der Waals surface area contributed by atoms with Gasteiger partial charge in [0, 0.05) is 10.5 Å². The largest absolute Gasteiger partial charge is 0.346 e. The third kappa shape index (κ3) is 2.42. The summed E-state index contributed by atoms with van der Waals surface area (Å²) in [7, 11) is 0. The monoisotopic (exact) mass is 386 g/mol. The van der Waals surface area contributed by atoms with Crippen LogP contribution in [0.1, 0.15) is 19.3 Å². The summed E-state index contributed by atoms with van der Waals surface area (Å²) >= 11 is 3.35. The molecule has 4 aliphatic rings. The Kier molecular flexibility index (Phi) is 3.65. The molecular formula is C17H15BrN4O2. The highest BCUT2D eigenvalue weighted by Crippen LogP contribution is 2.37. The van der Waals surface area contributed by atoms with Crippen LogP contribution >= 0.6 is 15.9 Å². The second-order valence-corrected chi connectivity index (χ2v) is 7.38. The van der Waals surface area contributed by atoms with Crippen LogP contribution in [0.25, 0.3) is 0 Å². The minimum Gasteiger partial charge on any atom is -0.346 e. The molecule has 0 radical (unpaired) electrons. The molecule has 2 saturated heterocycles. The van der Waals surface area contributed by atoms with Gasteiger partial charge in [-0.1, -0.05) is 28.1 Å². The number of nitriles is 1. The maximum Gasteiger partial charge on any atom is 0.270 e. The lowest BCUT2D eigenvalue weighted by molar-refractivity contribution is -0.120. The molecule has 0 aromatic rings. The van der Waals surface area contributed by atoms with Gasteiger partial charge in [-0.05, 0) is 37.0 Å². The highest BCUT2D eigenvalue weighted by atomic mass is 79.9. The fraction of sp³-hybridized carbons (Fsp3) is 0.412. The van der Waals surface area contributed by atoms with E-state index in [2.05, 4.69) is 32.4 Å². The molecule has 1 aliphatic carbocycles. The third-order valence-corrected chi connectivity index (χ3v) is 5.65. The van der Waals surface area contributed by atoms with Crippen molar-refractivity contribution < 1.29 is 9.59 Å². The smallest absolute Gasteiger partial charge is 0.270 e. The molecule has 122 valence electrons.